The van der Waals surface area contributed by atoms with Crippen molar-refractivity contribution in [3.8, 4) is 5.75 Å². The molecule has 0 aliphatic rings. The molecule has 0 radical (unpaired) electrons. The van der Waals surface area contributed by atoms with E-state index in [9.17, 15) is 0 Å². The van der Waals surface area contributed by atoms with Crippen LogP contribution in [0.1, 0.15) is 36.1 Å². The SMILES string of the molecule is CCC(N)C(Oc1ccc(C)cc1C)c1cnn(C)c1. The smallest absolute Gasteiger partial charge is 0.142 e. The quantitative estimate of drug-likeness (QED) is 0.911. The molecule has 1 aromatic carbocycles. The van der Waals surface area contributed by atoms with Crippen LogP contribution in [0.4, 0.5) is 0 Å². The molecule has 20 heavy (non-hydrogen) atoms. The molecule has 0 aliphatic carbocycles. The Morgan fingerprint density at radius 2 is 2.10 bits per heavy atom. The van der Waals surface area contributed by atoms with E-state index >= 15 is 0 Å². The Bertz CT molecular complexity index is 577. The van der Waals surface area contributed by atoms with Crippen molar-refractivity contribution in [2.45, 2.75) is 39.3 Å². The van der Waals surface area contributed by atoms with Gasteiger partial charge in [0.2, 0.25) is 0 Å². The van der Waals surface area contributed by atoms with E-state index in [0.29, 0.717) is 0 Å². The van der Waals surface area contributed by atoms with Crippen LogP contribution in [-0.4, -0.2) is 15.8 Å². The maximum atomic E-state index is 6.22. The van der Waals surface area contributed by atoms with Gasteiger partial charge in [-0.3, -0.25) is 4.68 Å². The fraction of sp³-hybridized carbons (Fsp3) is 0.438. The maximum absolute atomic E-state index is 6.22. The summed E-state index contributed by atoms with van der Waals surface area (Å²) in [6.07, 6.45) is 4.47. The Morgan fingerprint density at radius 3 is 2.65 bits per heavy atom. The molecule has 0 saturated carbocycles. The van der Waals surface area contributed by atoms with E-state index < -0.39 is 0 Å². The minimum atomic E-state index is -0.171. The third kappa shape index (κ3) is 3.20. The fourth-order valence-electron chi connectivity index (χ4n) is 2.27. The highest BCUT2D eigenvalue weighted by Gasteiger charge is 2.22. The van der Waals surface area contributed by atoms with Gasteiger partial charge in [-0.05, 0) is 31.9 Å². The van der Waals surface area contributed by atoms with Gasteiger partial charge in [-0.2, -0.15) is 5.10 Å². The topological polar surface area (TPSA) is 53.1 Å². The Labute approximate surface area is 120 Å². The van der Waals surface area contributed by atoms with Crippen LogP contribution in [0.3, 0.4) is 0 Å². The number of aromatic nitrogens is 2. The summed E-state index contributed by atoms with van der Waals surface area (Å²) in [7, 11) is 1.90. The molecule has 1 heterocycles. The van der Waals surface area contributed by atoms with E-state index in [2.05, 4.69) is 38.0 Å². The van der Waals surface area contributed by atoms with Gasteiger partial charge in [-0.1, -0.05) is 24.6 Å². The first kappa shape index (κ1) is 14.6. The van der Waals surface area contributed by atoms with Crippen LogP contribution < -0.4 is 10.5 Å². The van der Waals surface area contributed by atoms with Crippen LogP contribution in [-0.2, 0) is 7.05 Å². The van der Waals surface area contributed by atoms with Crippen molar-refractivity contribution in [1.82, 2.24) is 9.78 Å². The summed E-state index contributed by atoms with van der Waals surface area (Å²) in [5.74, 6) is 0.883. The second kappa shape index (κ2) is 6.09. The number of rotatable bonds is 5. The third-order valence-corrected chi connectivity index (χ3v) is 3.50. The van der Waals surface area contributed by atoms with Crippen LogP contribution in [0.15, 0.2) is 30.6 Å². The molecule has 2 aromatic rings. The van der Waals surface area contributed by atoms with Crippen LogP contribution in [0.25, 0.3) is 0 Å². The first-order valence-corrected chi connectivity index (χ1v) is 6.99. The lowest BCUT2D eigenvalue weighted by Gasteiger charge is -2.24. The maximum Gasteiger partial charge on any atom is 0.142 e. The fourth-order valence-corrected chi connectivity index (χ4v) is 2.27. The Hall–Kier alpha value is -1.81. The van der Waals surface area contributed by atoms with Crippen LogP contribution in [0.5, 0.6) is 5.75 Å². The van der Waals surface area contributed by atoms with Crippen LogP contribution in [0, 0.1) is 13.8 Å². The molecule has 0 saturated heterocycles. The molecule has 2 atom stereocenters. The number of aryl methyl sites for hydroxylation is 3. The van der Waals surface area contributed by atoms with Crippen molar-refractivity contribution in [3.05, 3.63) is 47.3 Å². The first-order chi connectivity index (χ1) is 9.51. The average Bonchev–Trinajstić information content (AvgIpc) is 2.83. The van der Waals surface area contributed by atoms with E-state index in [-0.39, 0.29) is 12.1 Å². The molecular formula is C16H23N3O. The standard InChI is InChI=1S/C16H23N3O/c1-5-14(17)16(13-9-18-19(4)10-13)20-15-7-6-11(2)8-12(15)3/h6-10,14,16H,5,17H2,1-4H3. The molecule has 0 spiro atoms. The van der Waals surface area contributed by atoms with Crippen molar-refractivity contribution in [1.29, 1.82) is 0 Å². The van der Waals surface area contributed by atoms with E-state index in [4.69, 9.17) is 10.5 Å². The summed E-state index contributed by atoms with van der Waals surface area (Å²) in [6.45, 7) is 6.20. The molecule has 1 aromatic heterocycles. The predicted octanol–water partition coefficient (Wildman–Crippen LogP) is 2.89. The van der Waals surface area contributed by atoms with Crippen molar-refractivity contribution >= 4 is 0 Å². The molecule has 0 amide bonds. The highest BCUT2D eigenvalue weighted by Crippen LogP contribution is 2.28. The highest BCUT2D eigenvalue weighted by molar-refractivity contribution is 5.36. The second-order valence-electron chi connectivity index (χ2n) is 5.33. The van der Waals surface area contributed by atoms with Gasteiger partial charge in [0.15, 0.2) is 0 Å². The third-order valence-electron chi connectivity index (χ3n) is 3.50. The molecule has 0 bridgehead atoms. The van der Waals surface area contributed by atoms with Gasteiger partial charge in [0, 0.05) is 24.8 Å². The lowest BCUT2D eigenvalue weighted by Crippen LogP contribution is -2.31. The molecule has 108 valence electrons. The summed E-state index contributed by atoms with van der Waals surface area (Å²) in [5.41, 5.74) is 9.60. The molecule has 0 fully saturated rings. The van der Waals surface area contributed by atoms with Crippen molar-refractivity contribution < 1.29 is 4.74 Å². The first-order valence-electron chi connectivity index (χ1n) is 6.99. The number of ether oxygens (including phenoxy) is 1. The zero-order valence-electron chi connectivity index (χ0n) is 12.6. The van der Waals surface area contributed by atoms with E-state index in [1.54, 1.807) is 4.68 Å². The van der Waals surface area contributed by atoms with Gasteiger partial charge >= 0.3 is 0 Å². The van der Waals surface area contributed by atoms with Crippen molar-refractivity contribution in [3.63, 3.8) is 0 Å². The van der Waals surface area contributed by atoms with Crippen molar-refractivity contribution in [2.24, 2.45) is 12.8 Å². The number of hydrogen-bond acceptors (Lipinski definition) is 3. The zero-order valence-corrected chi connectivity index (χ0v) is 12.6. The summed E-state index contributed by atoms with van der Waals surface area (Å²) in [5, 5.41) is 4.21. The van der Waals surface area contributed by atoms with Gasteiger partial charge < -0.3 is 10.5 Å². The zero-order chi connectivity index (χ0) is 14.7. The summed E-state index contributed by atoms with van der Waals surface area (Å²) >= 11 is 0. The number of nitrogens with two attached hydrogens (primary N) is 1. The monoisotopic (exact) mass is 273 g/mol. The van der Waals surface area contributed by atoms with E-state index in [1.165, 1.54) is 5.56 Å². The largest absolute Gasteiger partial charge is 0.484 e. The number of nitrogens with zero attached hydrogens (tertiary/aromatic N) is 2. The molecule has 2 N–H and O–H groups in total. The highest BCUT2D eigenvalue weighted by atomic mass is 16.5. The lowest BCUT2D eigenvalue weighted by atomic mass is 10.0. The molecule has 4 nitrogen and oxygen atoms in total. The second-order valence-corrected chi connectivity index (χ2v) is 5.33. The van der Waals surface area contributed by atoms with Gasteiger partial charge in [-0.15, -0.1) is 0 Å². The molecule has 0 aliphatic heterocycles. The summed E-state index contributed by atoms with van der Waals surface area (Å²) < 4.78 is 7.95. The molecule has 2 unspecified atom stereocenters. The average molecular weight is 273 g/mol. The normalized spacial score (nSPS) is 14.1. The van der Waals surface area contributed by atoms with E-state index in [1.807, 2.05) is 25.5 Å². The molecule has 2 rings (SSSR count). The van der Waals surface area contributed by atoms with Gasteiger partial charge in [-0.25, -0.2) is 0 Å². The summed E-state index contributed by atoms with van der Waals surface area (Å²) in [6, 6.07) is 6.13. The summed E-state index contributed by atoms with van der Waals surface area (Å²) in [4.78, 5) is 0. The number of benzene rings is 1. The Balaban J connectivity index is 2.28. The minimum Gasteiger partial charge on any atom is -0.484 e. The van der Waals surface area contributed by atoms with Gasteiger partial charge in [0.1, 0.15) is 11.9 Å². The minimum absolute atomic E-state index is 0.0556. The van der Waals surface area contributed by atoms with Crippen LogP contribution in [0.2, 0.25) is 0 Å². The lowest BCUT2D eigenvalue weighted by molar-refractivity contribution is 0.170. The van der Waals surface area contributed by atoms with Gasteiger partial charge in [0.25, 0.3) is 0 Å². The van der Waals surface area contributed by atoms with E-state index in [0.717, 1.165) is 23.3 Å². The Kier molecular flexibility index (Phi) is 4.45. The number of hydrogen-bond donors (Lipinski definition) is 1. The molecular weight excluding hydrogens is 250 g/mol. The molecule has 4 heteroatoms. The predicted molar refractivity (Wildman–Crippen MR) is 80.8 cm³/mol. The van der Waals surface area contributed by atoms with Crippen LogP contribution >= 0.6 is 0 Å². The van der Waals surface area contributed by atoms with Gasteiger partial charge in [0.05, 0.1) is 6.20 Å². The Morgan fingerprint density at radius 1 is 1.35 bits per heavy atom. The van der Waals surface area contributed by atoms with Crippen molar-refractivity contribution in [2.75, 3.05) is 0 Å².